The number of H-pyrrole nitrogens is 1. The number of carbonyl (C=O) groups excluding carboxylic acids is 1. The number of halogens is 4. The lowest BCUT2D eigenvalue weighted by molar-refractivity contribution is -0.137. The maximum absolute atomic E-state index is 15.3. The minimum absolute atomic E-state index is 0.0145. The van der Waals surface area contributed by atoms with E-state index in [1.807, 2.05) is 11.9 Å². The molecule has 2 aromatic heterocycles. The van der Waals surface area contributed by atoms with Gasteiger partial charge in [-0.3, -0.25) is 19.0 Å². The van der Waals surface area contributed by atoms with E-state index in [2.05, 4.69) is 15.2 Å². The van der Waals surface area contributed by atoms with Crippen LogP contribution >= 0.6 is 0 Å². The number of nitrogens with zero attached hydrogens (tertiary/aromatic N) is 6. The van der Waals surface area contributed by atoms with Crippen LogP contribution in [0, 0.1) is 5.82 Å². The fourth-order valence-corrected chi connectivity index (χ4v) is 4.84. The molecule has 3 heterocycles. The zero-order valence-corrected chi connectivity index (χ0v) is 22.5. The van der Waals surface area contributed by atoms with Gasteiger partial charge in [0.25, 0.3) is 0 Å². The highest BCUT2D eigenvalue weighted by molar-refractivity contribution is 5.94. The first kappa shape index (κ1) is 28.1. The number of benzene rings is 2. The van der Waals surface area contributed by atoms with Crippen molar-refractivity contribution < 1.29 is 31.8 Å². The van der Waals surface area contributed by atoms with Gasteiger partial charge in [0.05, 0.1) is 23.7 Å². The number of carbonyl (C=O) groups is 1. The summed E-state index contributed by atoms with van der Waals surface area (Å²) in [5.41, 5.74) is -1.79. The van der Waals surface area contributed by atoms with Gasteiger partial charge in [-0.25, -0.2) is 14.2 Å². The Balaban J connectivity index is 1.61. The number of fused-ring (bicyclic) bond motifs is 1. The third-order valence-electron chi connectivity index (χ3n) is 7.07. The Kier molecular flexibility index (Phi) is 7.46. The lowest BCUT2D eigenvalue weighted by Gasteiger charge is -2.32. The van der Waals surface area contributed by atoms with Crippen LogP contribution in [-0.2, 0) is 31.2 Å². The lowest BCUT2D eigenvalue weighted by atomic mass is 9.99. The van der Waals surface area contributed by atoms with E-state index < -0.39 is 29.8 Å². The third kappa shape index (κ3) is 5.49. The van der Waals surface area contributed by atoms with Gasteiger partial charge in [0.15, 0.2) is 23.1 Å². The molecule has 1 saturated heterocycles. The Labute approximate surface area is 230 Å². The van der Waals surface area contributed by atoms with Crippen LogP contribution in [0.1, 0.15) is 11.4 Å². The number of amides is 1. The molecular weight excluding hydrogens is 550 g/mol. The number of nitrogens with one attached hydrogen (secondary N) is 1. The fraction of sp³-hybridized carbons (Fsp3) is 0.385. The Morgan fingerprint density at radius 1 is 1.10 bits per heavy atom. The number of aromatic nitrogens is 5. The van der Waals surface area contributed by atoms with Crippen LogP contribution < -0.4 is 15.2 Å². The number of ether oxygens (including phenoxy) is 2. The summed E-state index contributed by atoms with van der Waals surface area (Å²) in [4.78, 5) is 33.9. The number of methoxy groups -OCH3 is 1. The average molecular weight is 578 g/mol. The van der Waals surface area contributed by atoms with Crippen LogP contribution in [-0.4, -0.2) is 80.4 Å². The van der Waals surface area contributed by atoms with E-state index in [0.29, 0.717) is 32.0 Å². The molecular formula is C26H27F4N7O4. The maximum atomic E-state index is 15.3. The van der Waals surface area contributed by atoms with Crippen molar-refractivity contribution in [3.8, 4) is 22.6 Å². The number of hydrogen-bond donors (Lipinski definition) is 1. The Hall–Kier alpha value is -4.40. The standard InChI is InChI=1S/C26H27F4N7O4/c1-34-4-6-36(7-5-34)22(38)12-37-19-11-16(26(28,29)30)10-17(23(19)35(2)25(37)39)15-8-18(27)24(20(9-15)40-3)41-13-21-31-14-32-33-21/h8-11,14H,4-7,12-13H2,1-3H3,(H,31,32,33). The second-order valence-corrected chi connectivity index (χ2v) is 9.71. The first-order valence-corrected chi connectivity index (χ1v) is 12.6. The Bertz CT molecular complexity index is 1640. The van der Waals surface area contributed by atoms with Crippen LogP contribution in [0.2, 0.25) is 0 Å². The normalized spacial score (nSPS) is 14.6. The SMILES string of the molecule is COc1cc(-c2cc(C(F)(F)F)cc3c2n(C)c(=O)n3CC(=O)N2CCN(C)CC2)cc(F)c1OCc1ncn[nH]1. The van der Waals surface area contributed by atoms with E-state index in [1.165, 1.54) is 26.6 Å². The molecule has 15 heteroatoms. The van der Waals surface area contributed by atoms with Crippen molar-refractivity contribution in [2.45, 2.75) is 19.3 Å². The minimum atomic E-state index is -4.79. The number of aromatic amines is 1. The molecule has 1 aliphatic rings. The molecule has 218 valence electrons. The molecule has 0 radical (unpaired) electrons. The Morgan fingerprint density at radius 3 is 2.46 bits per heavy atom. The number of piperazine rings is 1. The molecule has 1 N–H and O–H groups in total. The molecule has 1 fully saturated rings. The van der Waals surface area contributed by atoms with Crippen LogP contribution in [0.5, 0.6) is 11.5 Å². The summed E-state index contributed by atoms with van der Waals surface area (Å²) >= 11 is 0. The molecule has 41 heavy (non-hydrogen) atoms. The van der Waals surface area contributed by atoms with Crippen molar-refractivity contribution in [2.75, 3.05) is 40.3 Å². The van der Waals surface area contributed by atoms with Crippen molar-refractivity contribution in [1.29, 1.82) is 0 Å². The maximum Gasteiger partial charge on any atom is 0.416 e. The molecule has 0 unspecified atom stereocenters. The summed E-state index contributed by atoms with van der Waals surface area (Å²) in [6.07, 6.45) is -3.53. The second kappa shape index (κ2) is 10.9. The Morgan fingerprint density at radius 2 is 1.83 bits per heavy atom. The highest BCUT2D eigenvalue weighted by atomic mass is 19.4. The predicted molar refractivity (Wildman–Crippen MR) is 139 cm³/mol. The van der Waals surface area contributed by atoms with Crippen molar-refractivity contribution in [3.63, 3.8) is 0 Å². The van der Waals surface area contributed by atoms with Crippen molar-refractivity contribution in [2.24, 2.45) is 7.05 Å². The van der Waals surface area contributed by atoms with Gasteiger partial charge in [0, 0.05) is 38.8 Å². The number of likely N-dealkylation sites (N-methyl/N-ethyl adjacent to an activating group) is 1. The van der Waals surface area contributed by atoms with Gasteiger partial charge < -0.3 is 19.3 Å². The van der Waals surface area contributed by atoms with E-state index >= 15 is 4.39 Å². The summed E-state index contributed by atoms with van der Waals surface area (Å²) in [7, 11) is 4.57. The number of rotatable bonds is 7. The zero-order chi connectivity index (χ0) is 29.5. The van der Waals surface area contributed by atoms with E-state index in [1.54, 1.807) is 4.90 Å². The highest BCUT2D eigenvalue weighted by Crippen LogP contribution is 2.41. The monoisotopic (exact) mass is 577 g/mol. The van der Waals surface area contributed by atoms with Crippen LogP contribution in [0.4, 0.5) is 17.6 Å². The summed E-state index contributed by atoms with van der Waals surface area (Å²) in [5.74, 6) is -1.33. The van der Waals surface area contributed by atoms with E-state index in [4.69, 9.17) is 9.47 Å². The van der Waals surface area contributed by atoms with Gasteiger partial charge in [-0.2, -0.15) is 18.3 Å². The minimum Gasteiger partial charge on any atom is -0.493 e. The van der Waals surface area contributed by atoms with Gasteiger partial charge in [0.2, 0.25) is 5.91 Å². The molecule has 2 aromatic carbocycles. The molecule has 0 aliphatic carbocycles. The van der Waals surface area contributed by atoms with Gasteiger partial charge >= 0.3 is 11.9 Å². The van der Waals surface area contributed by atoms with Gasteiger partial charge in [-0.05, 0) is 36.9 Å². The zero-order valence-electron chi connectivity index (χ0n) is 22.5. The first-order valence-electron chi connectivity index (χ1n) is 12.6. The highest BCUT2D eigenvalue weighted by Gasteiger charge is 2.34. The van der Waals surface area contributed by atoms with Crippen LogP contribution in [0.15, 0.2) is 35.4 Å². The molecule has 11 nitrogen and oxygen atoms in total. The fourth-order valence-electron chi connectivity index (χ4n) is 4.84. The van der Waals surface area contributed by atoms with Crippen molar-refractivity contribution in [1.82, 2.24) is 34.1 Å². The summed E-state index contributed by atoms with van der Waals surface area (Å²) in [6, 6.07) is 4.01. The summed E-state index contributed by atoms with van der Waals surface area (Å²) < 4.78 is 70.5. The number of aryl methyl sites for hydroxylation is 1. The molecule has 0 atom stereocenters. The molecule has 0 bridgehead atoms. The molecule has 0 saturated carbocycles. The second-order valence-electron chi connectivity index (χ2n) is 9.71. The third-order valence-corrected chi connectivity index (χ3v) is 7.07. The van der Waals surface area contributed by atoms with Crippen LogP contribution in [0.25, 0.3) is 22.2 Å². The smallest absolute Gasteiger partial charge is 0.416 e. The van der Waals surface area contributed by atoms with Gasteiger partial charge in [-0.1, -0.05) is 0 Å². The summed E-state index contributed by atoms with van der Waals surface area (Å²) in [5, 5.41) is 6.26. The first-order chi connectivity index (χ1) is 19.5. The lowest BCUT2D eigenvalue weighted by Crippen LogP contribution is -2.48. The van der Waals surface area contributed by atoms with Crippen molar-refractivity contribution in [3.05, 3.63) is 58.3 Å². The van der Waals surface area contributed by atoms with E-state index in [0.717, 1.165) is 27.3 Å². The predicted octanol–water partition coefficient (Wildman–Crippen LogP) is 2.64. The van der Waals surface area contributed by atoms with Gasteiger partial charge in [0.1, 0.15) is 19.5 Å². The van der Waals surface area contributed by atoms with Crippen LogP contribution in [0.3, 0.4) is 0 Å². The summed E-state index contributed by atoms with van der Waals surface area (Å²) in [6.45, 7) is 1.57. The molecule has 1 amide bonds. The molecule has 0 spiro atoms. The molecule has 5 rings (SSSR count). The van der Waals surface area contributed by atoms with Gasteiger partial charge in [-0.15, -0.1) is 0 Å². The topological polar surface area (TPSA) is 111 Å². The van der Waals surface area contributed by atoms with E-state index in [9.17, 15) is 22.8 Å². The largest absolute Gasteiger partial charge is 0.493 e. The van der Waals surface area contributed by atoms with E-state index in [-0.39, 0.29) is 46.2 Å². The quantitative estimate of drug-likeness (QED) is 0.337. The average Bonchev–Trinajstić information content (AvgIpc) is 3.54. The number of imidazole rings is 1. The molecule has 4 aromatic rings. The molecule has 1 aliphatic heterocycles. The number of alkyl halides is 3. The number of hydrogen-bond acceptors (Lipinski definition) is 7. The van der Waals surface area contributed by atoms with Crippen molar-refractivity contribution >= 4 is 16.9 Å².